The minimum absolute atomic E-state index is 0.108. The summed E-state index contributed by atoms with van der Waals surface area (Å²) < 4.78 is 0. The molecule has 2 aliphatic rings. The molecule has 1 aromatic rings. The van der Waals surface area contributed by atoms with Gasteiger partial charge in [0.05, 0.1) is 5.92 Å². The SMILES string of the molecule is CC(C(=O)N1CC2CCC(N)C2C1)c1cccnc1. The van der Waals surface area contributed by atoms with Crippen LogP contribution in [-0.4, -0.2) is 34.9 Å². The number of carbonyl (C=O) groups is 1. The molecule has 102 valence electrons. The van der Waals surface area contributed by atoms with Gasteiger partial charge >= 0.3 is 0 Å². The summed E-state index contributed by atoms with van der Waals surface area (Å²) in [6.45, 7) is 3.70. The van der Waals surface area contributed by atoms with E-state index in [1.54, 1.807) is 12.4 Å². The van der Waals surface area contributed by atoms with Crippen molar-refractivity contribution < 1.29 is 4.79 Å². The number of likely N-dealkylation sites (tertiary alicyclic amines) is 1. The van der Waals surface area contributed by atoms with Crippen LogP contribution < -0.4 is 5.73 Å². The second kappa shape index (κ2) is 4.93. The number of rotatable bonds is 2. The van der Waals surface area contributed by atoms with Crippen molar-refractivity contribution in [3.63, 3.8) is 0 Å². The van der Waals surface area contributed by atoms with Crippen molar-refractivity contribution in [3.05, 3.63) is 30.1 Å². The van der Waals surface area contributed by atoms with E-state index in [-0.39, 0.29) is 17.9 Å². The van der Waals surface area contributed by atoms with Gasteiger partial charge < -0.3 is 10.6 Å². The highest BCUT2D eigenvalue weighted by molar-refractivity contribution is 5.83. The minimum atomic E-state index is -0.108. The number of hydrogen-bond acceptors (Lipinski definition) is 3. The molecule has 4 atom stereocenters. The highest BCUT2D eigenvalue weighted by Crippen LogP contribution is 2.38. The maximum atomic E-state index is 12.5. The summed E-state index contributed by atoms with van der Waals surface area (Å²) in [6.07, 6.45) is 5.82. The van der Waals surface area contributed by atoms with Gasteiger partial charge in [0.2, 0.25) is 5.91 Å². The molecule has 2 N–H and O–H groups in total. The van der Waals surface area contributed by atoms with E-state index in [1.165, 1.54) is 6.42 Å². The van der Waals surface area contributed by atoms with Crippen molar-refractivity contribution in [2.75, 3.05) is 13.1 Å². The van der Waals surface area contributed by atoms with Gasteiger partial charge in [-0.1, -0.05) is 6.07 Å². The molecule has 0 spiro atoms. The molecule has 1 amide bonds. The third-order valence-corrected chi connectivity index (χ3v) is 4.78. The summed E-state index contributed by atoms with van der Waals surface area (Å²) >= 11 is 0. The largest absolute Gasteiger partial charge is 0.342 e. The molecule has 1 saturated heterocycles. The first-order chi connectivity index (χ1) is 9.16. The number of pyridine rings is 1. The smallest absolute Gasteiger partial charge is 0.229 e. The Bertz CT molecular complexity index is 462. The van der Waals surface area contributed by atoms with Gasteiger partial charge in [-0.25, -0.2) is 0 Å². The van der Waals surface area contributed by atoms with E-state index in [2.05, 4.69) is 4.98 Å². The lowest BCUT2D eigenvalue weighted by atomic mass is 9.98. The quantitative estimate of drug-likeness (QED) is 0.873. The number of fused-ring (bicyclic) bond motifs is 1. The zero-order chi connectivity index (χ0) is 13.4. The normalized spacial score (nSPS) is 31.3. The van der Waals surface area contributed by atoms with E-state index in [9.17, 15) is 4.79 Å². The summed E-state index contributed by atoms with van der Waals surface area (Å²) in [5.41, 5.74) is 7.12. The molecule has 1 aliphatic carbocycles. The predicted molar refractivity (Wildman–Crippen MR) is 73.4 cm³/mol. The number of hydrogen-bond donors (Lipinski definition) is 1. The van der Waals surface area contributed by atoms with Crippen LogP contribution in [0.3, 0.4) is 0 Å². The van der Waals surface area contributed by atoms with Crippen LogP contribution in [0.2, 0.25) is 0 Å². The Balaban J connectivity index is 1.69. The van der Waals surface area contributed by atoms with Crippen molar-refractivity contribution >= 4 is 5.91 Å². The summed E-state index contributed by atoms with van der Waals surface area (Å²) in [5.74, 6) is 1.25. The van der Waals surface area contributed by atoms with Crippen LogP contribution in [0.1, 0.15) is 31.2 Å². The molecule has 0 bridgehead atoms. The highest BCUT2D eigenvalue weighted by Gasteiger charge is 2.43. The van der Waals surface area contributed by atoms with Crippen molar-refractivity contribution in [1.29, 1.82) is 0 Å². The molecule has 4 nitrogen and oxygen atoms in total. The molecule has 0 radical (unpaired) electrons. The van der Waals surface area contributed by atoms with E-state index in [4.69, 9.17) is 5.73 Å². The molecule has 1 aliphatic heterocycles. The topological polar surface area (TPSA) is 59.2 Å². The lowest BCUT2D eigenvalue weighted by Gasteiger charge is -2.22. The molecular weight excluding hydrogens is 238 g/mol. The number of nitrogens with zero attached hydrogens (tertiary/aromatic N) is 2. The van der Waals surface area contributed by atoms with Crippen LogP contribution in [0, 0.1) is 11.8 Å². The summed E-state index contributed by atoms with van der Waals surface area (Å²) in [6, 6.07) is 4.14. The van der Waals surface area contributed by atoms with Gasteiger partial charge in [0.1, 0.15) is 0 Å². The van der Waals surface area contributed by atoms with E-state index in [0.717, 1.165) is 25.1 Å². The van der Waals surface area contributed by atoms with Gasteiger partial charge in [-0.3, -0.25) is 9.78 Å². The second-order valence-electron chi connectivity index (χ2n) is 5.92. The van der Waals surface area contributed by atoms with Crippen molar-refractivity contribution in [2.45, 2.75) is 31.7 Å². The minimum Gasteiger partial charge on any atom is -0.342 e. The van der Waals surface area contributed by atoms with Gasteiger partial charge in [0.15, 0.2) is 0 Å². The number of carbonyl (C=O) groups excluding carboxylic acids is 1. The average Bonchev–Trinajstić information content (AvgIpc) is 3.01. The third-order valence-electron chi connectivity index (χ3n) is 4.78. The summed E-state index contributed by atoms with van der Waals surface area (Å²) in [5, 5.41) is 0. The molecule has 0 aromatic carbocycles. The number of amides is 1. The van der Waals surface area contributed by atoms with Gasteiger partial charge in [0.25, 0.3) is 0 Å². The van der Waals surface area contributed by atoms with Crippen molar-refractivity contribution in [3.8, 4) is 0 Å². The van der Waals surface area contributed by atoms with Crippen LogP contribution >= 0.6 is 0 Å². The lowest BCUT2D eigenvalue weighted by molar-refractivity contribution is -0.131. The van der Waals surface area contributed by atoms with E-state index in [1.807, 2.05) is 24.0 Å². The van der Waals surface area contributed by atoms with Crippen molar-refractivity contribution in [1.82, 2.24) is 9.88 Å². The fourth-order valence-electron chi connectivity index (χ4n) is 3.54. The first-order valence-corrected chi connectivity index (χ1v) is 7.11. The molecule has 1 saturated carbocycles. The molecular formula is C15H21N3O. The van der Waals surface area contributed by atoms with Crippen LogP contribution in [0.4, 0.5) is 0 Å². The Morgan fingerprint density at radius 2 is 2.32 bits per heavy atom. The van der Waals surface area contributed by atoms with E-state index >= 15 is 0 Å². The van der Waals surface area contributed by atoms with Gasteiger partial charge in [-0.05, 0) is 43.2 Å². The van der Waals surface area contributed by atoms with Gasteiger partial charge in [-0.15, -0.1) is 0 Å². The molecule has 1 aromatic heterocycles. The summed E-state index contributed by atoms with van der Waals surface area (Å²) in [7, 11) is 0. The van der Waals surface area contributed by atoms with Crippen molar-refractivity contribution in [2.24, 2.45) is 17.6 Å². The maximum absolute atomic E-state index is 12.5. The van der Waals surface area contributed by atoms with Crippen LogP contribution in [0.15, 0.2) is 24.5 Å². The van der Waals surface area contributed by atoms with Crippen LogP contribution in [0.25, 0.3) is 0 Å². The van der Waals surface area contributed by atoms with Crippen LogP contribution in [-0.2, 0) is 4.79 Å². The average molecular weight is 259 g/mol. The van der Waals surface area contributed by atoms with E-state index in [0.29, 0.717) is 11.8 Å². The number of aromatic nitrogens is 1. The third kappa shape index (κ3) is 2.25. The Morgan fingerprint density at radius 1 is 1.47 bits per heavy atom. The summed E-state index contributed by atoms with van der Waals surface area (Å²) in [4.78, 5) is 18.6. The zero-order valence-electron chi connectivity index (χ0n) is 11.3. The Kier molecular flexibility index (Phi) is 3.27. The van der Waals surface area contributed by atoms with Gasteiger partial charge in [-0.2, -0.15) is 0 Å². The maximum Gasteiger partial charge on any atom is 0.229 e. The Morgan fingerprint density at radius 3 is 3.00 bits per heavy atom. The zero-order valence-corrected chi connectivity index (χ0v) is 11.3. The second-order valence-corrected chi connectivity index (χ2v) is 5.92. The van der Waals surface area contributed by atoms with Gasteiger partial charge in [0, 0.05) is 31.5 Å². The number of nitrogens with two attached hydrogens (primary N) is 1. The van der Waals surface area contributed by atoms with Crippen LogP contribution in [0.5, 0.6) is 0 Å². The molecule has 4 unspecified atom stereocenters. The molecule has 4 heteroatoms. The predicted octanol–water partition coefficient (Wildman–Crippen LogP) is 1.38. The first-order valence-electron chi connectivity index (χ1n) is 7.11. The monoisotopic (exact) mass is 259 g/mol. The molecule has 19 heavy (non-hydrogen) atoms. The Labute approximate surface area is 114 Å². The van der Waals surface area contributed by atoms with E-state index < -0.39 is 0 Å². The fraction of sp³-hybridized carbons (Fsp3) is 0.600. The molecule has 2 heterocycles. The standard InChI is InChI=1S/C15H21N3O/c1-10(11-3-2-6-17-7-11)15(19)18-8-12-4-5-14(16)13(12)9-18/h2-3,6-7,10,12-14H,4-5,8-9,16H2,1H3. The molecule has 2 fully saturated rings. The molecule has 3 rings (SSSR count). The first kappa shape index (κ1) is 12.6. The Hall–Kier alpha value is -1.42. The highest BCUT2D eigenvalue weighted by atomic mass is 16.2. The lowest BCUT2D eigenvalue weighted by Crippen LogP contribution is -2.35. The fourth-order valence-corrected chi connectivity index (χ4v) is 3.54.